The number of carbonyl (C=O) groups is 2. The highest BCUT2D eigenvalue weighted by Crippen LogP contribution is 2.30. The van der Waals surface area contributed by atoms with Crippen LogP contribution in [0.2, 0.25) is 0 Å². The first kappa shape index (κ1) is 21.1. The normalized spacial score (nSPS) is 13.0. The molecule has 0 unspecified atom stereocenters. The number of aryl methyl sites for hydroxylation is 2. The zero-order chi connectivity index (χ0) is 21.8. The van der Waals surface area contributed by atoms with Crippen LogP contribution in [0.1, 0.15) is 50.2 Å². The van der Waals surface area contributed by atoms with Crippen LogP contribution in [0.15, 0.2) is 70.7 Å². The lowest BCUT2D eigenvalue weighted by atomic mass is 10.1. The van der Waals surface area contributed by atoms with Crippen molar-refractivity contribution in [2.75, 3.05) is 0 Å². The number of pyridine rings is 1. The largest absolute Gasteiger partial charge is 0.349 e. The number of nitrogens with zero attached hydrogens (tertiary/aromatic N) is 1. The van der Waals surface area contributed by atoms with Gasteiger partial charge in [0.2, 0.25) is 0 Å². The van der Waals surface area contributed by atoms with Gasteiger partial charge in [0.15, 0.2) is 0 Å². The van der Waals surface area contributed by atoms with Gasteiger partial charge in [0.25, 0.3) is 11.8 Å². The molecule has 1 heterocycles. The fourth-order valence-corrected chi connectivity index (χ4v) is 4.06. The Hall–Kier alpha value is -3.12. The zero-order valence-corrected chi connectivity index (χ0v) is 18.5. The third-order valence-corrected chi connectivity index (χ3v) is 6.30. The Morgan fingerprint density at radius 3 is 2.48 bits per heavy atom. The van der Waals surface area contributed by atoms with Gasteiger partial charge < -0.3 is 10.6 Å². The Balaban J connectivity index is 1.39. The maximum absolute atomic E-state index is 12.8. The first-order chi connectivity index (χ1) is 15.0. The van der Waals surface area contributed by atoms with E-state index in [0.29, 0.717) is 28.7 Å². The molecular formula is C25H25N3O2S. The fourth-order valence-electron chi connectivity index (χ4n) is 3.08. The van der Waals surface area contributed by atoms with Gasteiger partial charge in [-0.05, 0) is 79.8 Å². The molecule has 0 atom stereocenters. The monoisotopic (exact) mass is 431 g/mol. The molecule has 1 aliphatic carbocycles. The van der Waals surface area contributed by atoms with Crippen molar-refractivity contribution in [1.29, 1.82) is 0 Å². The molecule has 0 radical (unpaired) electrons. The predicted molar refractivity (Wildman–Crippen MR) is 122 cm³/mol. The summed E-state index contributed by atoms with van der Waals surface area (Å²) in [5, 5.41) is 6.61. The Bertz CT molecular complexity index is 1110. The first-order valence-electron chi connectivity index (χ1n) is 10.4. The third kappa shape index (κ3) is 5.52. The topological polar surface area (TPSA) is 71.1 Å². The standard InChI is InChI=1S/C25H25N3O2S/c1-16-5-12-21(14-17(16)2)31-25-22(4-3-13-26-25)24(30)27-15-18-6-8-19(9-7-18)23(29)28-20-10-11-20/h3-9,12-14,20H,10-11,15H2,1-2H3,(H,27,30)(H,28,29). The number of aromatic nitrogens is 1. The van der Waals surface area contributed by atoms with Crippen molar-refractivity contribution in [1.82, 2.24) is 15.6 Å². The van der Waals surface area contributed by atoms with Gasteiger partial charge in [-0.15, -0.1) is 0 Å². The second-order valence-corrected chi connectivity index (χ2v) is 8.89. The fraction of sp³-hybridized carbons (Fsp3) is 0.240. The molecule has 31 heavy (non-hydrogen) atoms. The molecule has 4 rings (SSSR count). The molecule has 1 aliphatic rings. The van der Waals surface area contributed by atoms with E-state index in [1.807, 2.05) is 18.2 Å². The van der Waals surface area contributed by atoms with Crippen molar-refractivity contribution in [2.45, 2.75) is 49.2 Å². The number of hydrogen-bond acceptors (Lipinski definition) is 4. The Morgan fingerprint density at radius 2 is 1.77 bits per heavy atom. The van der Waals surface area contributed by atoms with E-state index in [1.165, 1.54) is 22.9 Å². The zero-order valence-electron chi connectivity index (χ0n) is 17.6. The molecule has 1 aromatic heterocycles. The summed E-state index contributed by atoms with van der Waals surface area (Å²) in [6.45, 7) is 4.54. The second kappa shape index (κ2) is 9.35. The minimum atomic E-state index is -0.171. The van der Waals surface area contributed by atoms with Gasteiger partial charge in [-0.25, -0.2) is 4.98 Å². The summed E-state index contributed by atoms with van der Waals surface area (Å²) in [6, 6.07) is 17.5. The van der Waals surface area contributed by atoms with Crippen molar-refractivity contribution in [3.63, 3.8) is 0 Å². The maximum atomic E-state index is 12.8. The third-order valence-electron chi connectivity index (χ3n) is 5.29. The molecule has 0 saturated heterocycles. The molecule has 2 aromatic carbocycles. The smallest absolute Gasteiger partial charge is 0.254 e. The summed E-state index contributed by atoms with van der Waals surface area (Å²) in [5.41, 5.74) is 4.57. The highest BCUT2D eigenvalue weighted by Gasteiger charge is 2.23. The molecule has 5 nitrogen and oxygen atoms in total. The SMILES string of the molecule is Cc1ccc(Sc2ncccc2C(=O)NCc2ccc(C(=O)NC3CC3)cc2)cc1C. The molecule has 158 valence electrons. The molecule has 1 saturated carbocycles. The average Bonchev–Trinajstić information content (AvgIpc) is 3.59. The molecule has 2 N–H and O–H groups in total. The molecule has 0 spiro atoms. The van der Waals surface area contributed by atoms with Crippen molar-refractivity contribution in [3.8, 4) is 0 Å². The summed E-state index contributed by atoms with van der Waals surface area (Å²) < 4.78 is 0. The number of nitrogens with one attached hydrogen (secondary N) is 2. The van der Waals surface area contributed by atoms with E-state index in [4.69, 9.17) is 0 Å². The Kier molecular flexibility index (Phi) is 6.37. The van der Waals surface area contributed by atoms with Crippen LogP contribution in [-0.4, -0.2) is 22.8 Å². The van der Waals surface area contributed by atoms with Gasteiger partial charge >= 0.3 is 0 Å². The summed E-state index contributed by atoms with van der Waals surface area (Å²) in [5.74, 6) is -0.212. The molecule has 0 bridgehead atoms. The van der Waals surface area contributed by atoms with Crippen LogP contribution in [-0.2, 0) is 6.54 Å². The molecular weight excluding hydrogens is 406 g/mol. The van der Waals surface area contributed by atoms with Gasteiger partial charge in [-0.2, -0.15) is 0 Å². The number of benzene rings is 2. The average molecular weight is 432 g/mol. The molecule has 0 aliphatic heterocycles. The number of amides is 2. The van der Waals surface area contributed by atoms with E-state index < -0.39 is 0 Å². The van der Waals surface area contributed by atoms with Gasteiger partial charge in [0, 0.05) is 29.2 Å². The number of carbonyl (C=O) groups excluding carboxylic acids is 2. The van der Waals surface area contributed by atoms with E-state index >= 15 is 0 Å². The maximum Gasteiger partial charge on any atom is 0.254 e. The van der Waals surface area contributed by atoms with Gasteiger partial charge in [-0.1, -0.05) is 30.0 Å². The molecule has 6 heteroatoms. The van der Waals surface area contributed by atoms with Crippen LogP contribution in [0.25, 0.3) is 0 Å². The quantitative estimate of drug-likeness (QED) is 0.570. The van der Waals surface area contributed by atoms with Crippen LogP contribution in [0.3, 0.4) is 0 Å². The highest BCUT2D eigenvalue weighted by molar-refractivity contribution is 7.99. The first-order valence-corrected chi connectivity index (χ1v) is 11.2. The summed E-state index contributed by atoms with van der Waals surface area (Å²) in [4.78, 5) is 30.4. The predicted octanol–water partition coefficient (Wildman–Crippen LogP) is 4.67. The van der Waals surface area contributed by atoms with Crippen molar-refractivity contribution >= 4 is 23.6 Å². The summed E-state index contributed by atoms with van der Waals surface area (Å²) >= 11 is 1.49. The van der Waals surface area contributed by atoms with Gasteiger partial charge in [0.05, 0.1) is 5.56 Å². The van der Waals surface area contributed by atoms with Gasteiger partial charge in [-0.3, -0.25) is 9.59 Å². The molecule has 1 fully saturated rings. The summed E-state index contributed by atoms with van der Waals surface area (Å²) in [7, 11) is 0. The number of hydrogen-bond donors (Lipinski definition) is 2. The van der Waals surface area contributed by atoms with E-state index in [2.05, 4.69) is 41.6 Å². The lowest BCUT2D eigenvalue weighted by Crippen LogP contribution is -2.25. The van der Waals surface area contributed by atoms with Crippen LogP contribution in [0.5, 0.6) is 0 Å². The van der Waals surface area contributed by atoms with Crippen LogP contribution < -0.4 is 10.6 Å². The molecule has 3 aromatic rings. The lowest BCUT2D eigenvalue weighted by Gasteiger charge is -2.10. The van der Waals surface area contributed by atoms with Crippen LogP contribution in [0, 0.1) is 13.8 Å². The van der Waals surface area contributed by atoms with Crippen LogP contribution in [0.4, 0.5) is 0 Å². The second-order valence-electron chi connectivity index (χ2n) is 7.83. The van der Waals surface area contributed by atoms with Crippen molar-refractivity contribution in [3.05, 3.63) is 88.6 Å². The molecule has 2 amide bonds. The number of rotatable bonds is 7. The van der Waals surface area contributed by atoms with Crippen molar-refractivity contribution in [2.24, 2.45) is 0 Å². The van der Waals surface area contributed by atoms with Crippen LogP contribution >= 0.6 is 11.8 Å². The minimum absolute atomic E-state index is 0.0403. The van der Waals surface area contributed by atoms with E-state index in [9.17, 15) is 9.59 Å². The van der Waals surface area contributed by atoms with Crippen molar-refractivity contribution < 1.29 is 9.59 Å². The lowest BCUT2D eigenvalue weighted by molar-refractivity contribution is 0.0939. The van der Waals surface area contributed by atoms with E-state index in [1.54, 1.807) is 30.5 Å². The highest BCUT2D eigenvalue weighted by atomic mass is 32.2. The Morgan fingerprint density at radius 1 is 1.00 bits per heavy atom. The van der Waals surface area contributed by atoms with Gasteiger partial charge in [0.1, 0.15) is 5.03 Å². The Labute approximate surface area is 186 Å². The minimum Gasteiger partial charge on any atom is -0.349 e. The van der Waals surface area contributed by atoms with E-state index in [0.717, 1.165) is 23.3 Å². The summed E-state index contributed by atoms with van der Waals surface area (Å²) in [6.07, 6.45) is 3.83. The van der Waals surface area contributed by atoms with E-state index in [-0.39, 0.29) is 11.8 Å².